The zero-order valence-electron chi connectivity index (χ0n) is 10.00. The monoisotopic (exact) mass is 240 g/mol. The summed E-state index contributed by atoms with van der Waals surface area (Å²) in [6, 6.07) is 6.70. The Morgan fingerprint density at radius 3 is 2.41 bits per heavy atom. The van der Waals surface area contributed by atoms with Gasteiger partial charge in [-0.2, -0.15) is 0 Å². The van der Waals surface area contributed by atoms with Crippen molar-refractivity contribution < 1.29 is 13.9 Å². The van der Waals surface area contributed by atoms with E-state index < -0.39 is 5.92 Å². The van der Waals surface area contributed by atoms with E-state index in [1.165, 1.54) is 6.07 Å². The Balaban J connectivity index is 2.16. The molecule has 1 N–H and O–H groups in total. The molecule has 0 saturated heterocycles. The SMILES string of the molecule is CC(F)(F)c1cccc(C2CCC(O)CC2)c1. The van der Waals surface area contributed by atoms with Crippen LogP contribution in [0.1, 0.15) is 49.7 Å². The van der Waals surface area contributed by atoms with E-state index in [0.717, 1.165) is 38.2 Å². The predicted octanol–water partition coefficient (Wildman–Crippen LogP) is 3.82. The van der Waals surface area contributed by atoms with Gasteiger partial charge in [0.25, 0.3) is 5.92 Å². The number of alkyl halides is 2. The summed E-state index contributed by atoms with van der Waals surface area (Å²) < 4.78 is 26.4. The van der Waals surface area contributed by atoms with Gasteiger partial charge in [0.15, 0.2) is 0 Å². The number of aliphatic hydroxyl groups excluding tert-OH is 1. The Kier molecular flexibility index (Phi) is 3.48. The van der Waals surface area contributed by atoms with Crippen molar-refractivity contribution >= 4 is 0 Å². The Morgan fingerprint density at radius 1 is 1.18 bits per heavy atom. The first-order valence-electron chi connectivity index (χ1n) is 6.13. The molecule has 1 nitrogen and oxygen atoms in total. The molecule has 0 aromatic heterocycles. The fourth-order valence-electron chi connectivity index (χ4n) is 2.47. The highest BCUT2D eigenvalue weighted by Gasteiger charge is 2.26. The molecule has 0 spiro atoms. The second-order valence-corrected chi connectivity index (χ2v) is 5.02. The summed E-state index contributed by atoms with van der Waals surface area (Å²) in [6.45, 7) is 0.927. The standard InChI is InChI=1S/C14H18F2O/c1-14(15,16)12-4-2-3-11(9-12)10-5-7-13(17)8-6-10/h2-4,9-10,13,17H,5-8H2,1H3. The summed E-state index contributed by atoms with van der Waals surface area (Å²) in [6.07, 6.45) is 3.12. The molecular weight excluding hydrogens is 222 g/mol. The lowest BCUT2D eigenvalue weighted by Crippen LogP contribution is -2.17. The van der Waals surface area contributed by atoms with Crippen LogP contribution >= 0.6 is 0 Å². The molecule has 0 unspecified atom stereocenters. The first-order valence-corrected chi connectivity index (χ1v) is 6.13. The van der Waals surface area contributed by atoms with Crippen molar-refractivity contribution in [2.45, 2.75) is 50.6 Å². The van der Waals surface area contributed by atoms with Crippen LogP contribution in [0, 0.1) is 0 Å². The van der Waals surface area contributed by atoms with E-state index >= 15 is 0 Å². The van der Waals surface area contributed by atoms with E-state index in [-0.39, 0.29) is 11.7 Å². The molecule has 0 radical (unpaired) electrons. The topological polar surface area (TPSA) is 20.2 Å². The Hall–Kier alpha value is -0.960. The van der Waals surface area contributed by atoms with Gasteiger partial charge in [-0.1, -0.05) is 18.2 Å². The molecule has 1 aromatic rings. The molecule has 1 fully saturated rings. The number of rotatable bonds is 2. The Labute approximate surface area is 100 Å². The van der Waals surface area contributed by atoms with Gasteiger partial charge in [-0.25, -0.2) is 8.78 Å². The number of benzene rings is 1. The summed E-state index contributed by atoms with van der Waals surface area (Å²) in [7, 11) is 0. The molecule has 1 aliphatic rings. The van der Waals surface area contributed by atoms with Crippen LogP contribution in [0.15, 0.2) is 24.3 Å². The molecule has 1 saturated carbocycles. The van der Waals surface area contributed by atoms with E-state index in [0.29, 0.717) is 5.92 Å². The van der Waals surface area contributed by atoms with Gasteiger partial charge in [0.2, 0.25) is 0 Å². The van der Waals surface area contributed by atoms with Gasteiger partial charge in [-0.3, -0.25) is 0 Å². The van der Waals surface area contributed by atoms with E-state index in [1.807, 2.05) is 6.07 Å². The average molecular weight is 240 g/mol. The Morgan fingerprint density at radius 2 is 1.82 bits per heavy atom. The average Bonchev–Trinajstić information content (AvgIpc) is 2.29. The van der Waals surface area contributed by atoms with Gasteiger partial charge in [-0.05, 0) is 43.2 Å². The maximum atomic E-state index is 13.2. The van der Waals surface area contributed by atoms with Crippen molar-refractivity contribution in [3.05, 3.63) is 35.4 Å². The fraction of sp³-hybridized carbons (Fsp3) is 0.571. The van der Waals surface area contributed by atoms with Gasteiger partial charge in [0.1, 0.15) is 0 Å². The van der Waals surface area contributed by atoms with Gasteiger partial charge in [-0.15, -0.1) is 0 Å². The molecule has 17 heavy (non-hydrogen) atoms. The van der Waals surface area contributed by atoms with Crippen LogP contribution in [-0.2, 0) is 5.92 Å². The van der Waals surface area contributed by atoms with Crippen LogP contribution in [0.5, 0.6) is 0 Å². The number of hydrogen-bond acceptors (Lipinski definition) is 1. The zero-order chi connectivity index (χ0) is 12.5. The molecule has 2 rings (SSSR count). The second kappa shape index (κ2) is 4.73. The van der Waals surface area contributed by atoms with Crippen molar-refractivity contribution in [2.24, 2.45) is 0 Å². The van der Waals surface area contributed by atoms with Crippen LogP contribution in [0.25, 0.3) is 0 Å². The summed E-state index contributed by atoms with van der Waals surface area (Å²) in [5, 5.41) is 9.44. The summed E-state index contributed by atoms with van der Waals surface area (Å²) in [4.78, 5) is 0. The smallest absolute Gasteiger partial charge is 0.270 e. The van der Waals surface area contributed by atoms with Crippen molar-refractivity contribution in [1.82, 2.24) is 0 Å². The van der Waals surface area contributed by atoms with Crippen LogP contribution < -0.4 is 0 Å². The lowest BCUT2D eigenvalue weighted by Gasteiger charge is -2.26. The molecule has 0 bridgehead atoms. The zero-order valence-corrected chi connectivity index (χ0v) is 10.00. The highest BCUT2D eigenvalue weighted by Crippen LogP contribution is 2.35. The van der Waals surface area contributed by atoms with Crippen molar-refractivity contribution in [2.75, 3.05) is 0 Å². The molecule has 94 valence electrons. The first kappa shape index (κ1) is 12.5. The fourth-order valence-corrected chi connectivity index (χ4v) is 2.47. The molecule has 1 aliphatic carbocycles. The van der Waals surface area contributed by atoms with Crippen LogP contribution in [0.4, 0.5) is 8.78 Å². The Bertz CT molecular complexity index is 376. The third-order valence-electron chi connectivity index (χ3n) is 3.56. The third-order valence-corrected chi connectivity index (χ3v) is 3.56. The number of halogens is 2. The third kappa shape index (κ3) is 3.03. The minimum atomic E-state index is -2.77. The maximum absolute atomic E-state index is 13.2. The minimum absolute atomic E-state index is 0.0844. The predicted molar refractivity (Wildman–Crippen MR) is 63.2 cm³/mol. The molecule has 0 atom stereocenters. The number of hydrogen-bond donors (Lipinski definition) is 1. The van der Waals surface area contributed by atoms with Gasteiger partial charge < -0.3 is 5.11 Å². The molecule has 0 aliphatic heterocycles. The molecule has 3 heteroatoms. The van der Waals surface area contributed by atoms with Gasteiger partial charge in [0.05, 0.1) is 6.10 Å². The van der Waals surface area contributed by atoms with Crippen molar-refractivity contribution in [3.8, 4) is 0 Å². The highest BCUT2D eigenvalue weighted by atomic mass is 19.3. The van der Waals surface area contributed by atoms with E-state index in [2.05, 4.69) is 0 Å². The summed E-state index contributed by atoms with van der Waals surface area (Å²) in [5.41, 5.74) is 1.07. The first-order chi connectivity index (χ1) is 7.97. The normalized spacial score (nSPS) is 25.9. The highest BCUT2D eigenvalue weighted by molar-refractivity contribution is 5.29. The molecular formula is C14H18F2O. The van der Waals surface area contributed by atoms with Gasteiger partial charge >= 0.3 is 0 Å². The molecule has 0 amide bonds. The van der Waals surface area contributed by atoms with Crippen molar-refractivity contribution in [3.63, 3.8) is 0 Å². The lowest BCUT2D eigenvalue weighted by atomic mass is 9.82. The van der Waals surface area contributed by atoms with Crippen LogP contribution in [0.2, 0.25) is 0 Å². The molecule has 1 aromatic carbocycles. The van der Waals surface area contributed by atoms with Gasteiger partial charge in [0, 0.05) is 12.5 Å². The van der Waals surface area contributed by atoms with Crippen LogP contribution in [-0.4, -0.2) is 11.2 Å². The summed E-state index contributed by atoms with van der Waals surface area (Å²) >= 11 is 0. The maximum Gasteiger partial charge on any atom is 0.270 e. The van der Waals surface area contributed by atoms with E-state index in [4.69, 9.17) is 0 Å². The minimum Gasteiger partial charge on any atom is -0.393 e. The van der Waals surface area contributed by atoms with Crippen molar-refractivity contribution in [1.29, 1.82) is 0 Å². The lowest BCUT2D eigenvalue weighted by molar-refractivity contribution is 0.0173. The number of aliphatic hydroxyl groups is 1. The quantitative estimate of drug-likeness (QED) is 0.833. The van der Waals surface area contributed by atoms with E-state index in [1.54, 1.807) is 12.1 Å². The van der Waals surface area contributed by atoms with Crippen LogP contribution in [0.3, 0.4) is 0 Å². The van der Waals surface area contributed by atoms with E-state index in [9.17, 15) is 13.9 Å². The largest absolute Gasteiger partial charge is 0.393 e. The summed E-state index contributed by atoms with van der Waals surface area (Å²) in [5.74, 6) is -2.45. The second-order valence-electron chi connectivity index (χ2n) is 5.02. The molecule has 0 heterocycles.